The molecule has 1 aliphatic heterocycles. The van der Waals surface area contributed by atoms with Crippen molar-refractivity contribution < 1.29 is 9.84 Å². The second-order valence-corrected chi connectivity index (χ2v) is 2.95. The smallest absolute Gasteiger partial charge is 0.158 e. The number of ether oxygens (including phenoxy) is 1. The molecule has 1 heterocycles. The summed E-state index contributed by atoms with van der Waals surface area (Å²) in [6, 6.07) is 6.94. The molecule has 3 nitrogen and oxygen atoms in total. The first-order valence-electron chi connectivity index (χ1n) is 4.13. The number of nitrogens with one attached hydrogen (secondary N) is 1. The second kappa shape index (κ2) is 3.11. The minimum atomic E-state index is 0.0132. The van der Waals surface area contributed by atoms with Crippen molar-refractivity contribution in [1.82, 2.24) is 0 Å². The molecular weight excluding hydrogens is 166 g/mol. The average molecular weight is 177 g/mol. The molecule has 2 N–H and O–H groups in total. The third kappa shape index (κ3) is 1.81. The van der Waals surface area contributed by atoms with Crippen LogP contribution in [0.1, 0.15) is 0 Å². The summed E-state index contributed by atoms with van der Waals surface area (Å²) in [7, 11) is 0. The minimum absolute atomic E-state index is 0.0132. The van der Waals surface area contributed by atoms with E-state index >= 15 is 0 Å². The highest BCUT2D eigenvalue weighted by Gasteiger charge is 2.35. The molecule has 2 rings (SSSR count). The first-order valence-corrected chi connectivity index (χ1v) is 4.13. The van der Waals surface area contributed by atoms with Gasteiger partial charge in [0.15, 0.2) is 6.23 Å². The molecule has 0 aromatic heterocycles. The molecule has 3 heteroatoms. The standard InChI is InChI=1S/C10H11NO2/c1-2-9-10(13-9)11-7-4-3-5-8(12)6-7/h2-6,9-12H,1H2. The summed E-state index contributed by atoms with van der Waals surface area (Å²) in [6.45, 7) is 3.62. The molecule has 1 aromatic carbocycles. The van der Waals surface area contributed by atoms with Crippen molar-refractivity contribution in [3.05, 3.63) is 36.9 Å². The third-order valence-corrected chi connectivity index (χ3v) is 1.91. The van der Waals surface area contributed by atoms with Crippen LogP contribution in [-0.2, 0) is 4.74 Å². The maximum absolute atomic E-state index is 9.17. The van der Waals surface area contributed by atoms with E-state index in [2.05, 4.69) is 11.9 Å². The van der Waals surface area contributed by atoms with Gasteiger partial charge < -0.3 is 15.2 Å². The van der Waals surface area contributed by atoms with Gasteiger partial charge >= 0.3 is 0 Å². The number of hydrogen-bond acceptors (Lipinski definition) is 3. The fraction of sp³-hybridized carbons (Fsp3) is 0.200. The molecule has 0 bridgehead atoms. The van der Waals surface area contributed by atoms with Gasteiger partial charge in [-0.15, -0.1) is 6.58 Å². The molecule has 1 aliphatic rings. The minimum Gasteiger partial charge on any atom is -0.508 e. The summed E-state index contributed by atoms with van der Waals surface area (Å²) >= 11 is 0. The first-order chi connectivity index (χ1) is 6.29. The van der Waals surface area contributed by atoms with Crippen LogP contribution >= 0.6 is 0 Å². The van der Waals surface area contributed by atoms with Crippen LogP contribution in [0.2, 0.25) is 0 Å². The number of anilines is 1. The lowest BCUT2D eigenvalue weighted by atomic mass is 10.3. The molecule has 0 aliphatic carbocycles. The zero-order valence-corrected chi connectivity index (χ0v) is 7.10. The van der Waals surface area contributed by atoms with Gasteiger partial charge in [0.05, 0.1) is 0 Å². The van der Waals surface area contributed by atoms with Gasteiger partial charge in [0.1, 0.15) is 11.9 Å². The maximum atomic E-state index is 9.17. The Bertz CT molecular complexity index is 324. The lowest BCUT2D eigenvalue weighted by Crippen LogP contribution is -2.05. The van der Waals surface area contributed by atoms with Gasteiger partial charge in [-0.25, -0.2) is 0 Å². The Hall–Kier alpha value is -1.48. The Morgan fingerprint density at radius 1 is 1.54 bits per heavy atom. The van der Waals surface area contributed by atoms with Gasteiger partial charge in [0.2, 0.25) is 0 Å². The molecule has 0 saturated carbocycles. The predicted molar refractivity (Wildman–Crippen MR) is 50.6 cm³/mol. The average Bonchev–Trinajstić information content (AvgIpc) is 2.83. The van der Waals surface area contributed by atoms with Gasteiger partial charge in [0.25, 0.3) is 0 Å². The normalized spacial score (nSPS) is 25.2. The number of hydrogen-bond donors (Lipinski definition) is 2. The van der Waals surface area contributed by atoms with Crippen LogP contribution in [0.5, 0.6) is 5.75 Å². The van der Waals surface area contributed by atoms with Crippen LogP contribution in [0.4, 0.5) is 5.69 Å². The van der Waals surface area contributed by atoms with E-state index in [9.17, 15) is 0 Å². The van der Waals surface area contributed by atoms with E-state index in [-0.39, 0.29) is 18.1 Å². The Balaban J connectivity index is 1.99. The fourth-order valence-electron chi connectivity index (χ4n) is 1.18. The van der Waals surface area contributed by atoms with Gasteiger partial charge in [-0.3, -0.25) is 0 Å². The number of benzene rings is 1. The highest BCUT2D eigenvalue weighted by atomic mass is 16.6. The van der Waals surface area contributed by atoms with E-state index in [0.717, 1.165) is 5.69 Å². The molecule has 68 valence electrons. The Labute approximate surface area is 76.7 Å². The Morgan fingerprint density at radius 2 is 2.38 bits per heavy atom. The number of aromatic hydroxyl groups is 1. The molecular formula is C10H11NO2. The van der Waals surface area contributed by atoms with Gasteiger partial charge in [0, 0.05) is 11.8 Å². The van der Waals surface area contributed by atoms with Gasteiger partial charge in [-0.1, -0.05) is 12.1 Å². The highest BCUT2D eigenvalue weighted by molar-refractivity contribution is 5.49. The summed E-state index contributed by atoms with van der Waals surface area (Å²) in [6.07, 6.45) is 1.86. The summed E-state index contributed by atoms with van der Waals surface area (Å²) in [4.78, 5) is 0. The molecule has 1 fully saturated rings. The molecule has 1 aromatic rings. The molecule has 0 amide bonds. The van der Waals surface area contributed by atoms with Crippen molar-refractivity contribution >= 4 is 5.69 Å². The van der Waals surface area contributed by atoms with Crippen LogP contribution in [0, 0.1) is 0 Å². The predicted octanol–water partition coefficient (Wildman–Crippen LogP) is 1.71. The van der Waals surface area contributed by atoms with Crippen molar-refractivity contribution in [3.8, 4) is 5.75 Å². The summed E-state index contributed by atoms with van der Waals surface area (Å²) in [5, 5.41) is 12.3. The second-order valence-electron chi connectivity index (χ2n) is 2.95. The monoisotopic (exact) mass is 177 g/mol. The lowest BCUT2D eigenvalue weighted by molar-refractivity contribution is 0.404. The largest absolute Gasteiger partial charge is 0.508 e. The van der Waals surface area contributed by atoms with Crippen molar-refractivity contribution in [2.75, 3.05) is 5.32 Å². The van der Waals surface area contributed by atoms with Crippen molar-refractivity contribution in [2.24, 2.45) is 0 Å². The molecule has 0 radical (unpaired) electrons. The number of epoxide rings is 1. The number of phenols is 1. The topological polar surface area (TPSA) is 44.8 Å². The summed E-state index contributed by atoms with van der Waals surface area (Å²) < 4.78 is 5.20. The maximum Gasteiger partial charge on any atom is 0.158 e. The van der Waals surface area contributed by atoms with Crippen LogP contribution in [0.15, 0.2) is 36.9 Å². The Morgan fingerprint density at radius 3 is 3.00 bits per heavy atom. The molecule has 13 heavy (non-hydrogen) atoms. The number of rotatable bonds is 3. The van der Waals surface area contributed by atoms with Crippen molar-refractivity contribution in [1.29, 1.82) is 0 Å². The fourth-order valence-corrected chi connectivity index (χ4v) is 1.18. The highest BCUT2D eigenvalue weighted by Crippen LogP contribution is 2.26. The summed E-state index contributed by atoms with van der Waals surface area (Å²) in [5.74, 6) is 0.251. The molecule has 2 unspecified atom stereocenters. The van der Waals surface area contributed by atoms with E-state index in [1.807, 2.05) is 6.07 Å². The summed E-state index contributed by atoms with van der Waals surface area (Å²) in [5.41, 5.74) is 0.856. The molecule has 1 saturated heterocycles. The van der Waals surface area contributed by atoms with Crippen molar-refractivity contribution in [3.63, 3.8) is 0 Å². The third-order valence-electron chi connectivity index (χ3n) is 1.91. The van der Waals surface area contributed by atoms with E-state index < -0.39 is 0 Å². The van der Waals surface area contributed by atoms with Crippen LogP contribution < -0.4 is 5.32 Å². The SMILES string of the molecule is C=CC1OC1Nc1cccc(O)c1. The quantitative estimate of drug-likeness (QED) is 0.545. The Kier molecular flexibility index (Phi) is 1.94. The molecule has 0 spiro atoms. The first kappa shape index (κ1) is 8.13. The van der Waals surface area contributed by atoms with Gasteiger partial charge in [-0.2, -0.15) is 0 Å². The zero-order valence-electron chi connectivity index (χ0n) is 7.10. The lowest BCUT2D eigenvalue weighted by Gasteiger charge is -2.01. The van der Waals surface area contributed by atoms with Crippen LogP contribution in [-0.4, -0.2) is 17.4 Å². The van der Waals surface area contributed by atoms with E-state index in [4.69, 9.17) is 9.84 Å². The van der Waals surface area contributed by atoms with Crippen molar-refractivity contribution in [2.45, 2.75) is 12.3 Å². The van der Waals surface area contributed by atoms with Gasteiger partial charge in [-0.05, 0) is 12.1 Å². The van der Waals surface area contributed by atoms with Crippen LogP contribution in [0.25, 0.3) is 0 Å². The van der Waals surface area contributed by atoms with Crippen LogP contribution in [0.3, 0.4) is 0 Å². The number of phenolic OH excluding ortho intramolecular Hbond substituents is 1. The van der Waals surface area contributed by atoms with E-state index in [1.54, 1.807) is 24.3 Å². The molecule has 2 atom stereocenters. The zero-order chi connectivity index (χ0) is 9.26. The van der Waals surface area contributed by atoms with E-state index in [0.29, 0.717) is 0 Å². The van der Waals surface area contributed by atoms with E-state index in [1.165, 1.54) is 0 Å².